The molecule has 7 nitrogen and oxygen atoms in total. The first-order chi connectivity index (χ1) is 15.1. The highest BCUT2D eigenvalue weighted by atomic mass is 79.9. The van der Waals surface area contributed by atoms with Crippen LogP contribution >= 0.6 is 15.9 Å². The molecule has 0 amide bonds. The summed E-state index contributed by atoms with van der Waals surface area (Å²) in [7, 11) is 0. The molecule has 0 unspecified atom stereocenters. The molecule has 8 heteroatoms. The fourth-order valence-corrected chi connectivity index (χ4v) is 3.67. The summed E-state index contributed by atoms with van der Waals surface area (Å²) in [6.45, 7) is 7.85. The van der Waals surface area contributed by atoms with Crippen molar-refractivity contribution in [2.75, 3.05) is 48.4 Å². The van der Waals surface area contributed by atoms with Crippen LogP contribution in [0.4, 0.5) is 28.8 Å². The predicted octanol–water partition coefficient (Wildman–Crippen LogP) is 5.27. The lowest BCUT2D eigenvalue weighted by atomic mass is 10.2. The van der Waals surface area contributed by atoms with E-state index in [4.69, 9.17) is 9.47 Å². The molecule has 1 aliphatic rings. The number of ether oxygens (including phenoxy) is 2. The second kappa shape index (κ2) is 9.98. The Labute approximate surface area is 190 Å². The predicted molar refractivity (Wildman–Crippen MR) is 128 cm³/mol. The molecule has 0 aliphatic carbocycles. The zero-order valence-electron chi connectivity index (χ0n) is 17.7. The maximum atomic E-state index is 5.91. The Bertz CT molecular complexity index is 1040. The highest BCUT2D eigenvalue weighted by Crippen LogP contribution is 2.33. The molecule has 162 valence electrons. The van der Waals surface area contributed by atoms with Gasteiger partial charge in [0, 0.05) is 36.7 Å². The van der Waals surface area contributed by atoms with E-state index in [0.717, 1.165) is 59.2 Å². The van der Waals surface area contributed by atoms with E-state index in [-0.39, 0.29) is 0 Å². The third-order valence-corrected chi connectivity index (χ3v) is 5.61. The summed E-state index contributed by atoms with van der Waals surface area (Å²) in [4.78, 5) is 11.4. The van der Waals surface area contributed by atoms with Gasteiger partial charge in [0.1, 0.15) is 11.6 Å². The molecule has 1 aromatic heterocycles. The van der Waals surface area contributed by atoms with Crippen molar-refractivity contribution in [3.8, 4) is 5.75 Å². The van der Waals surface area contributed by atoms with Crippen LogP contribution in [0.2, 0.25) is 0 Å². The van der Waals surface area contributed by atoms with Gasteiger partial charge in [0.05, 0.1) is 30.0 Å². The Balaban J connectivity index is 1.57. The average molecular weight is 484 g/mol. The lowest BCUT2D eigenvalue weighted by Gasteiger charge is -2.29. The third-order valence-electron chi connectivity index (χ3n) is 5.03. The van der Waals surface area contributed by atoms with Gasteiger partial charge in [0.15, 0.2) is 0 Å². The number of anilines is 5. The summed E-state index contributed by atoms with van der Waals surface area (Å²) < 4.78 is 12.2. The van der Waals surface area contributed by atoms with Gasteiger partial charge in [-0.05, 0) is 53.5 Å². The van der Waals surface area contributed by atoms with Crippen LogP contribution in [0.3, 0.4) is 0 Å². The summed E-state index contributed by atoms with van der Waals surface area (Å²) in [5.41, 5.74) is 4.08. The van der Waals surface area contributed by atoms with Gasteiger partial charge in [-0.15, -0.1) is 0 Å². The molecule has 2 aromatic carbocycles. The topological polar surface area (TPSA) is 71.5 Å². The Hall–Kier alpha value is -2.84. The molecular weight excluding hydrogens is 458 g/mol. The molecule has 0 radical (unpaired) electrons. The maximum Gasteiger partial charge on any atom is 0.229 e. The number of rotatable bonds is 7. The van der Waals surface area contributed by atoms with Crippen LogP contribution in [-0.4, -0.2) is 42.9 Å². The molecule has 2 N–H and O–H groups in total. The largest absolute Gasteiger partial charge is 0.492 e. The molecule has 1 aliphatic heterocycles. The third kappa shape index (κ3) is 5.26. The van der Waals surface area contributed by atoms with Gasteiger partial charge >= 0.3 is 0 Å². The van der Waals surface area contributed by atoms with Crippen LogP contribution in [-0.2, 0) is 4.74 Å². The number of aromatic nitrogens is 2. The van der Waals surface area contributed by atoms with E-state index >= 15 is 0 Å². The van der Waals surface area contributed by atoms with Gasteiger partial charge in [-0.2, -0.15) is 4.98 Å². The molecule has 4 rings (SSSR count). The van der Waals surface area contributed by atoms with E-state index < -0.39 is 0 Å². The Morgan fingerprint density at radius 3 is 2.68 bits per heavy atom. The van der Waals surface area contributed by atoms with E-state index in [1.54, 1.807) is 6.20 Å². The Morgan fingerprint density at radius 1 is 1.10 bits per heavy atom. The number of aryl methyl sites for hydroxylation is 1. The van der Waals surface area contributed by atoms with E-state index in [2.05, 4.69) is 66.6 Å². The van der Waals surface area contributed by atoms with Crippen LogP contribution in [0.15, 0.2) is 53.1 Å². The first kappa shape index (κ1) is 21.4. The Kier molecular flexibility index (Phi) is 6.89. The Morgan fingerprint density at radius 2 is 1.90 bits per heavy atom. The molecule has 1 fully saturated rings. The van der Waals surface area contributed by atoms with Crippen molar-refractivity contribution in [2.45, 2.75) is 13.8 Å². The number of hydrogen-bond donors (Lipinski definition) is 2. The highest BCUT2D eigenvalue weighted by molar-refractivity contribution is 9.10. The van der Waals surface area contributed by atoms with Crippen molar-refractivity contribution >= 4 is 44.8 Å². The van der Waals surface area contributed by atoms with Crippen molar-refractivity contribution in [1.82, 2.24) is 9.97 Å². The lowest BCUT2D eigenvalue weighted by Crippen LogP contribution is -2.36. The quantitative estimate of drug-likeness (QED) is 0.474. The van der Waals surface area contributed by atoms with Gasteiger partial charge in [0.25, 0.3) is 0 Å². The maximum absolute atomic E-state index is 5.91. The molecule has 1 saturated heterocycles. The standard InChI is InChI=1S/C23H26BrN5O2/c1-3-31-21-14-17(29-10-12-30-13-11-29)8-9-20(21)27-23-25-15-18(24)22(28-23)26-19-7-5-4-6-16(19)2/h4-9,14-15H,3,10-13H2,1-2H3,(H2,25,26,27,28). The average Bonchev–Trinajstić information content (AvgIpc) is 2.79. The minimum Gasteiger partial charge on any atom is -0.492 e. The van der Waals surface area contributed by atoms with Gasteiger partial charge in [-0.25, -0.2) is 4.98 Å². The first-order valence-electron chi connectivity index (χ1n) is 10.4. The lowest BCUT2D eigenvalue weighted by molar-refractivity contribution is 0.122. The number of benzene rings is 2. The van der Waals surface area contributed by atoms with E-state index in [9.17, 15) is 0 Å². The van der Waals surface area contributed by atoms with Gasteiger partial charge in [-0.1, -0.05) is 18.2 Å². The van der Waals surface area contributed by atoms with Crippen molar-refractivity contribution < 1.29 is 9.47 Å². The molecule has 3 aromatic rings. The second-order valence-electron chi connectivity index (χ2n) is 7.17. The van der Waals surface area contributed by atoms with Crippen LogP contribution in [0.25, 0.3) is 0 Å². The molecule has 0 atom stereocenters. The number of nitrogens with zero attached hydrogens (tertiary/aromatic N) is 3. The van der Waals surface area contributed by atoms with Crippen molar-refractivity contribution in [3.05, 3.63) is 58.7 Å². The van der Waals surface area contributed by atoms with Crippen LogP contribution < -0.4 is 20.3 Å². The minimum absolute atomic E-state index is 0.486. The van der Waals surface area contributed by atoms with E-state index in [1.807, 2.05) is 31.2 Å². The number of halogens is 1. The summed E-state index contributed by atoms with van der Waals surface area (Å²) >= 11 is 3.54. The van der Waals surface area contributed by atoms with Crippen LogP contribution in [0, 0.1) is 6.92 Å². The van der Waals surface area contributed by atoms with Crippen molar-refractivity contribution in [2.24, 2.45) is 0 Å². The summed E-state index contributed by atoms with van der Waals surface area (Å²) in [5, 5.41) is 6.68. The summed E-state index contributed by atoms with van der Waals surface area (Å²) in [6, 6.07) is 14.2. The van der Waals surface area contributed by atoms with E-state index in [0.29, 0.717) is 18.4 Å². The molecule has 0 bridgehead atoms. The van der Waals surface area contributed by atoms with Gasteiger partial charge in [-0.3, -0.25) is 0 Å². The van der Waals surface area contributed by atoms with E-state index in [1.165, 1.54) is 0 Å². The number of para-hydroxylation sites is 1. The SMILES string of the molecule is CCOc1cc(N2CCOCC2)ccc1Nc1ncc(Br)c(Nc2ccccc2C)n1. The molecule has 2 heterocycles. The van der Waals surface area contributed by atoms with Crippen molar-refractivity contribution in [1.29, 1.82) is 0 Å². The minimum atomic E-state index is 0.486. The van der Waals surface area contributed by atoms with Gasteiger partial charge in [0.2, 0.25) is 5.95 Å². The zero-order chi connectivity index (χ0) is 21.6. The molecule has 31 heavy (non-hydrogen) atoms. The monoisotopic (exact) mass is 483 g/mol. The van der Waals surface area contributed by atoms with Gasteiger partial charge < -0.3 is 25.0 Å². The second-order valence-corrected chi connectivity index (χ2v) is 8.02. The smallest absolute Gasteiger partial charge is 0.229 e. The zero-order valence-corrected chi connectivity index (χ0v) is 19.3. The first-order valence-corrected chi connectivity index (χ1v) is 11.1. The fourth-order valence-electron chi connectivity index (χ4n) is 3.38. The number of nitrogens with one attached hydrogen (secondary N) is 2. The number of hydrogen-bond acceptors (Lipinski definition) is 7. The number of morpholine rings is 1. The highest BCUT2D eigenvalue weighted by Gasteiger charge is 2.15. The van der Waals surface area contributed by atoms with Crippen LogP contribution in [0.1, 0.15) is 12.5 Å². The summed E-state index contributed by atoms with van der Waals surface area (Å²) in [5.74, 6) is 1.94. The van der Waals surface area contributed by atoms with Crippen LogP contribution in [0.5, 0.6) is 5.75 Å². The fraction of sp³-hybridized carbons (Fsp3) is 0.304. The normalized spacial score (nSPS) is 13.7. The summed E-state index contributed by atoms with van der Waals surface area (Å²) in [6.07, 6.45) is 1.73. The molecule has 0 spiro atoms. The van der Waals surface area contributed by atoms with Crippen molar-refractivity contribution in [3.63, 3.8) is 0 Å². The molecular formula is C23H26BrN5O2. The molecule has 0 saturated carbocycles.